The van der Waals surface area contributed by atoms with Crippen LogP contribution in [0.1, 0.15) is 34.6 Å². The SMILES string of the molecule is CCOc1cccc(NC2C(C)(C)C2(C)C)c1N. The summed E-state index contributed by atoms with van der Waals surface area (Å²) in [7, 11) is 0. The summed E-state index contributed by atoms with van der Waals surface area (Å²) < 4.78 is 5.52. The maximum atomic E-state index is 6.14. The molecule has 1 saturated carbocycles. The topological polar surface area (TPSA) is 47.3 Å². The van der Waals surface area contributed by atoms with E-state index in [4.69, 9.17) is 10.5 Å². The smallest absolute Gasteiger partial charge is 0.144 e. The molecule has 0 atom stereocenters. The van der Waals surface area contributed by atoms with E-state index in [9.17, 15) is 0 Å². The van der Waals surface area contributed by atoms with E-state index in [1.165, 1.54) is 0 Å². The lowest BCUT2D eigenvalue weighted by molar-refractivity contribution is 0.342. The third-order valence-corrected chi connectivity index (χ3v) is 4.69. The summed E-state index contributed by atoms with van der Waals surface area (Å²) in [6, 6.07) is 6.35. The van der Waals surface area contributed by atoms with E-state index in [0.29, 0.717) is 29.2 Å². The van der Waals surface area contributed by atoms with Gasteiger partial charge in [-0.05, 0) is 29.9 Å². The number of nitrogen functional groups attached to an aromatic ring is 1. The Kier molecular flexibility index (Phi) is 2.96. The van der Waals surface area contributed by atoms with Crippen LogP contribution in [-0.2, 0) is 0 Å². The number of ether oxygens (including phenoxy) is 1. The van der Waals surface area contributed by atoms with E-state index < -0.39 is 0 Å². The Bertz CT molecular complexity index is 438. The van der Waals surface area contributed by atoms with Crippen molar-refractivity contribution in [3.8, 4) is 5.75 Å². The van der Waals surface area contributed by atoms with Crippen LogP contribution in [0.15, 0.2) is 18.2 Å². The molecule has 0 heterocycles. The first-order valence-electron chi connectivity index (χ1n) is 6.60. The number of hydrogen-bond acceptors (Lipinski definition) is 3. The molecule has 1 aliphatic rings. The molecule has 0 spiro atoms. The van der Waals surface area contributed by atoms with Crippen molar-refractivity contribution in [2.45, 2.75) is 40.7 Å². The average Bonchev–Trinajstić information content (AvgIpc) is 2.66. The number of para-hydroxylation sites is 1. The van der Waals surface area contributed by atoms with Crippen molar-refractivity contribution in [2.75, 3.05) is 17.7 Å². The van der Waals surface area contributed by atoms with Crippen LogP contribution < -0.4 is 15.8 Å². The van der Waals surface area contributed by atoms with Crippen LogP contribution in [0.25, 0.3) is 0 Å². The minimum Gasteiger partial charge on any atom is -0.492 e. The van der Waals surface area contributed by atoms with Gasteiger partial charge in [-0.25, -0.2) is 0 Å². The molecule has 2 rings (SSSR count). The Morgan fingerprint density at radius 2 is 1.83 bits per heavy atom. The number of anilines is 2. The van der Waals surface area contributed by atoms with Gasteiger partial charge >= 0.3 is 0 Å². The van der Waals surface area contributed by atoms with E-state index in [0.717, 1.165) is 11.4 Å². The van der Waals surface area contributed by atoms with Gasteiger partial charge in [0.05, 0.1) is 18.0 Å². The van der Waals surface area contributed by atoms with Gasteiger partial charge in [0, 0.05) is 6.04 Å². The number of benzene rings is 1. The first kappa shape index (κ1) is 13.1. The normalized spacial score (nSPS) is 20.5. The maximum absolute atomic E-state index is 6.14. The van der Waals surface area contributed by atoms with E-state index in [-0.39, 0.29) is 0 Å². The maximum Gasteiger partial charge on any atom is 0.144 e. The summed E-state index contributed by atoms with van der Waals surface area (Å²) in [5.41, 5.74) is 8.40. The van der Waals surface area contributed by atoms with Gasteiger partial charge in [-0.15, -0.1) is 0 Å². The quantitative estimate of drug-likeness (QED) is 0.801. The molecule has 0 aromatic heterocycles. The fourth-order valence-electron chi connectivity index (χ4n) is 2.66. The second-order valence-electron chi connectivity index (χ2n) is 6.17. The minimum atomic E-state index is 0.293. The molecule has 3 nitrogen and oxygen atoms in total. The highest BCUT2D eigenvalue weighted by molar-refractivity contribution is 5.74. The van der Waals surface area contributed by atoms with Crippen LogP contribution in [0.3, 0.4) is 0 Å². The van der Waals surface area contributed by atoms with Gasteiger partial charge in [0.25, 0.3) is 0 Å². The lowest BCUT2D eigenvalue weighted by Gasteiger charge is -2.14. The lowest BCUT2D eigenvalue weighted by atomic mass is 10.0. The van der Waals surface area contributed by atoms with Gasteiger partial charge < -0.3 is 15.8 Å². The van der Waals surface area contributed by atoms with Crippen LogP contribution in [0, 0.1) is 10.8 Å². The molecule has 100 valence electrons. The first-order valence-corrected chi connectivity index (χ1v) is 6.60. The average molecular weight is 248 g/mol. The summed E-state index contributed by atoms with van der Waals surface area (Å²) in [5, 5.41) is 3.56. The largest absolute Gasteiger partial charge is 0.492 e. The molecular formula is C15H24N2O. The van der Waals surface area contributed by atoms with Crippen LogP contribution in [-0.4, -0.2) is 12.6 Å². The second-order valence-corrected chi connectivity index (χ2v) is 6.17. The van der Waals surface area contributed by atoms with E-state index in [1.54, 1.807) is 0 Å². The molecule has 0 unspecified atom stereocenters. The molecule has 0 radical (unpaired) electrons. The predicted octanol–water partition coefficient (Wildman–Crippen LogP) is 3.51. The molecule has 1 aliphatic carbocycles. The van der Waals surface area contributed by atoms with Crippen molar-refractivity contribution in [3.63, 3.8) is 0 Å². The van der Waals surface area contributed by atoms with Gasteiger partial charge in [0.15, 0.2) is 0 Å². The lowest BCUT2D eigenvalue weighted by Crippen LogP contribution is -2.12. The van der Waals surface area contributed by atoms with Crippen molar-refractivity contribution >= 4 is 11.4 Å². The summed E-state index contributed by atoms with van der Waals surface area (Å²) in [5.74, 6) is 0.763. The van der Waals surface area contributed by atoms with Crippen molar-refractivity contribution in [3.05, 3.63) is 18.2 Å². The third kappa shape index (κ3) is 1.82. The van der Waals surface area contributed by atoms with Gasteiger partial charge in [-0.3, -0.25) is 0 Å². The Balaban J connectivity index is 2.19. The molecule has 1 aromatic rings. The van der Waals surface area contributed by atoms with Crippen molar-refractivity contribution in [1.82, 2.24) is 0 Å². The zero-order chi connectivity index (χ0) is 13.6. The van der Waals surface area contributed by atoms with Crippen LogP contribution in [0.4, 0.5) is 11.4 Å². The standard InChI is InChI=1S/C15H24N2O/c1-6-18-11-9-7-8-10(12(11)16)17-13-14(2,3)15(13,4)5/h7-9,13,17H,6,16H2,1-5H3. The molecule has 0 saturated heterocycles. The van der Waals surface area contributed by atoms with Gasteiger partial charge in [-0.1, -0.05) is 33.8 Å². The summed E-state index contributed by atoms with van der Waals surface area (Å²) in [4.78, 5) is 0. The fraction of sp³-hybridized carbons (Fsp3) is 0.600. The molecule has 0 bridgehead atoms. The molecule has 3 heteroatoms. The second kappa shape index (κ2) is 4.08. The fourth-order valence-corrected chi connectivity index (χ4v) is 2.66. The Labute approximate surface area is 110 Å². The van der Waals surface area contributed by atoms with Gasteiger partial charge in [0.2, 0.25) is 0 Å². The Morgan fingerprint density at radius 3 is 2.33 bits per heavy atom. The molecule has 0 amide bonds. The van der Waals surface area contributed by atoms with E-state index in [1.807, 2.05) is 25.1 Å². The Morgan fingerprint density at radius 1 is 1.22 bits per heavy atom. The van der Waals surface area contributed by atoms with Crippen molar-refractivity contribution in [2.24, 2.45) is 10.8 Å². The highest BCUT2D eigenvalue weighted by atomic mass is 16.5. The highest BCUT2D eigenvalue weighted by Crippen LogP contribution is 2.64. The highest BCUT2D eigenvalue weighted by Gasteiger charge is 2.65. The molecule has 1 aromatic carbocycles. The summed E-state index contributed by atoms with van der Waals surface area (Å²) in [6.07, 6.45) is 0. The zero-order valence-corrected chi connectivity index (χ0v) is 12.0. The molecular weight excluding hydrogens is 224 g/mol. The van der Waals surface area contributed by atoms with Gasteiger partial charge in [-0.2, -0.15) is 0 Å². The van der Waals surface area contributed by atoms with Crippen LogP contribution in [0.2, 0.25) is 0 Å². The van der Waals surface area contributed by atoms with E-state index >= 15 is 0 Å². The van der Waals surface area contributed by atoms with Crippen molar-refractivity contribution < 1.29 is 4.74 Å². The minimum absolute atomic E-state index is 0.293. The monoisotopic (exact) mass is 248 g/mol. The number of nitrogens with one attached hydrogen (secondary N) is 1. The molecule has 3 N–H and O–H groups in total. The van der Waals surface area contributed by atoms with E-state index in [2.05, 4.69) is 33.0 Å². The summed E-state index contributed by atoms with van der Waals surface area (Å²) >= 11 is 0. The summed E-state index contributed by atoms with van der Waals surface area (Å²) in [6.45, 7) is 11.7. The zero-order valence-electron chi connectivity index (χ0n) is 12.0. The Hall–Kier alpha value is -1.38. The van der Waals surface area contributed by atoms with Gasteiger partial charge in [0.1, 0.15) is 5.75 Å². The first-order chi connectivity index (χ1) is 8.32. The molecule has 0 aliphatic heterocycles. The number of rotatable bonds is 4. The molecule has 1 fully saturated rings. The predicted molar refractivity (Wildman–Crippen MR) is 77.0 cm³/mol. The third-order valence-electron chi connectivity index (χ3n) is 4.69. The van der Waals surface area contributed by atoms with Crippen LogP contribution in [0.5, 0.6) is 5.75 Å². The number of hydrogen-bond donors (Lipinski definition) is 2. The number of nitrogens with two attached hydrogens (primary N) is 1. The molecule has 18 heavy (non-hydrogen) atoms. The van der Waals surface area contributed by atoms with Crippen LogP contribution >= 0.6 is 0 Å². The van der Waals surface area contributed by atoms with Crippen molar-refractivity contribution in [1.29, 1.82) is 0 Å².